The molecule has 5 heterocycles. The van der Waals surface area contributed by atoms with Crippen molar-refractivity contribution in [2.45, 2.75) is 20.8 Å². The van der Waals surface area contributed by atoms with Gasteiger partial charge in [0.05, 0.1) is 34.8 Å². The van der Waals surface area contributed by atoms with Crippen LogP contribution in [0.2, 0.25) is 0 Å². The number of anilines is 1. The number of rotatable bonds is 5. The number of H-pyrrole nitrogens is 2. The summed E-state index contributed by atoms with van der Waals surface area (Å²) in [6, 6.07) is 14.5. The van der Waals surface area contributed by atoms with Crippen LogP contribution in [0, 0.1) is 12.8 Å². The van der Waals surface area contributed by atoms with Crippen LogP contribution in [0.1, 0.15) is 18.7 Å². The van der Waals surface area contributed by atoms with E-state index in [1.54, 1.807) is 23.7 Å². The number of carbonyl (C=O) groups is 1. The zero-order valence-electron chi connectivity index (χ0n) is 20.1. The molecule has 0 radical (unpaired) electrons. The van der Waals surface area contributed by atoms with E-state index >= 15 is 0 Å². The molecule has 0 bridgehead atoms. The number of hydrogen-bond acceptors (Lipinski definition) is 5. The quantitative estimate of drug-likeness (QED) is 0.246. The highest BCUT2D eigenvalue weighted by Gasteiger charge is 2.16. The summed E-state index contributed by atoms with van der Waals surface area (Å²) in [6.07, 6.45) is 7.24. The highest BCUT2D eigenvalue weighted by Crippen LogP contribution is 2.37. The minimum atomic E-state index is -0.102. The molecule has 6 rings (SSSR count). The van der Waals surface area contributed by atoms with Gasteiger partial charge in [0.2, 0.25) is 5.91 Å². The maximum Gasteiger partial charge on any atom is 0.226 e. The lowest BCUT2D eigenvalue weighted by atomic mass is 10.0. The zero-order chi connectivity index (χ0) is 24.8. The molecule has 0 aliphatic heterocycles. The molecule has 0 atom stereocenters. The maximum atomic E-state index is 12.1. The van der Waals surface area contributed by atoms with Gasteiger partial charge in [-0.05, 0) is 48.9 Å². The first kappa shape index (κ1) is 22.2. The summed E-state index contributed by atoms with van der Waals surface area (Å²) in [5.41, 5.74) is 7.38. The first-order valence-corrected chi connectivity index (χ1v) is 12.6. The number of thiophene rings is 1. The number of fused-ring (bicyclic) bond motifs is 2. The normalized spacial score (nSPS) is 11.6. The number of benzene rings is 1. The van der Waals surface area contributed by atoms with Gasteiger partial charge >= 0.3 is 0 Å². The Kier molecular flexibility index (Phi) is 5.38. The van der Waals surface area contributed by atoms with Crippen molar-refractivity contribution in [2.24, 2.45) is 5.92 Å². The minimum Gasteiger partial charge on any atom is -0.352 e. The monoisotopic (exact) mass is 492 g/mol. The fourth-order valence-corrected chi connectivity index (χ4v) is 5.20. The van der Waals surface area contributed by atoms with E-state index in [2.05, 4.69) is 61.7 Å². The molecule has 178 valence electrons. The number of amides is 1. The molecule has 1 amide bonds. The molecule has 0 aliphatic carbocycles. The first-order valence-electron chi connectivity index (χ1n) is 11.7. The second kappa shape index (κ2) is 8.73. The second-order valence-corrected chi connectivity index (χ2v) is 10.5. The van der Waals surface area contributed by atoms with Gasteiger partial charge in [-0.15, -0.1) is 11.3 Å². The van der Waals surface area contributed by atoms with Crippen molar-refractivity contribution in [2.75, 3.05) is 5.32 Å². The zero-order valence-corrected chi connectivity index (χ0v) is 20.9. The van der Waals surface area contributed by atoms with Gasteiger partial charge in [-0.2, -0.15) is 5.10 Å². The molecule has 5 aromatic heterocycles. The Morgan fingerprint density at radius 3 is 2.58 bits per heavy atom. The van der Waals surface area contributed by atoms with Crippen molar-refractivity contribution in [1.82, 2.24) is 25.1 Å². The predicted molar refractivity (Wildman–Crippen MR) is 146 cm³/mol. The van der Waals surface area contributed by atoms with Crippen LogP contribution in [0.4, 0.5) is 5.69 Å². The fourth-order valence-electron chi connectivity index (χ4n) is 4.31. The predicted octanol–water partition coefficient (Wildman–Crippen LogP) is 6.80. The van der Waals surface area contributed by atoms with Crippen LogP contribution in [0.5, 0.6) is 0 Å². The van der Waals surface area contributed by atoms with Crippen LogP contribution in [-0.2, 0) is 4.79 Å². The number of carbonyl (C=O) groups excluding carboxylic acids is 1. The Labute approximate surface area is 211 Å². The molecule has 3 N–H and O–H groups in total. The summed E-state index contributed by atoms with van der Waals surface area (Å²) in [7, 11) is 0. The molecule has 7 nitrogen and oxygen atoms in total. The molecule has 0 spiro atoms. The molecule has 0 unspecified atom stereocenters. The van der Waals surface area contributed by atoms with E-state index in [-0.39, 0.29) is 11.8 Å². The molecule has 36 heavy (non-hydrogen) atoms. The van der Waals surface area contributed by atoms with E-state index in [0.717, 1.165) is 49.9 Å². The number of nitrogens with one attached hydrogen (secondary N) is 3. The van der Waals surface area contributed by atoms with E-state index in [9.17, 15) is 4.79 Å². The third-order valence-electron chi connectivity index (χ3n) is 6.23. The van der Waals surface area contributed by atoms with Crippen molar-refractivity contribution in [3.05, 3.63) is 72.1 Å². The topological polar surface area (TPSA) is 99.3 Å². The Morgan fingerprint density at radius 2 is 1.78 bits per heavy atom. The Bertz CT molecular complexity index is 1740. The second-order valence-electron chi connectivity index (χ2n) is 9.18. The number of nitrogens with zero attached hydrogens (tertiary/aromatic N) is 3. The highest BCUT2D eigenvalue weighted by molar-refractivity contribution is 7.15. The lowest BCUT2D eigenvalue weighted by Crippen LogP contribution is -2.17. The maximum absolute atomic E-state index is 12.1. The number of aryl methyl sites for hydroxylation is 1. The van der Waals surface area contributed by atoms with Gasteiger partial charge in [0.15, 0.2) is 0 Å². The van der Waals surface area contributed by atoms with Crippen molar-refractivity contribution >= 4 is 44.7 Å². The standard InChI is InChI=1S/C28H24N6OS/c1-15(2)28(35)31-19-8-18(11-29-12-19)17-5-6-23-21(9-17)27(34-33-23)24-10-20-22(13-30-14-25(20)32-24)26-7-4-16(3)36-26/h4-15,32H,1-3H3,(H,31,35)(H,33,34). The largest absolute Gasteiger partial charge is 0.352 e. The summed E-state index contributed by atoms with van der Waals surface area (Å²) in [6.45, 7) is 5.85. The SMILES string of the molecule is Cc1ccc(-c2cncc3[nH]c(-c4n[nH]c5ccc(-c6cncc(NC(=O)C(C)C)c6)cc45)cc23)s1. The highest BCUT2D eigenvalue weighted by atomic mass is 32.1. The van der Waals surface area contributed by atoms with E-state index in [0.29, 0.717) is 5.69 Å². The van der Waals surface area contributed by atoms with Crippen LogP contribution in [-0.4, -0.2) is 31.1 Å². The van der Waals surface area contributed by atoms with E-state index < -0.39 is 0 Å². The van der Waals surface area contributed by atoms with Crippen molar-refractivity contribution in [1.29, 1.82) is 0 Å². The van der Waals surface area contributed by atoms with Gasteiger partial charge in [-0.25, -0.2) is 0 Å². The Morgan fingerprint density at radius 1 is 0.917 bits per heavy atom. The molecule has 8 heteroatoms. The van der Waals surface area contributed by atoms with Crippen LogP contribution in [0.25, 0.3) is 54.8 Å². The minimum absolute atomic E-state index is 0.0353. The fraction of sp³-hybridized carbons (Fsp3) is 0.143. The van der Waals surface area contributed by atoms with Gasteiger partial charge in [-0.1, -0.05) is 19.9 Å². The summed E-state index contributed by atoms with van der Waals surface area (Å²) in [4.78, 5) is 26.9. The Hall–Kier alpha value is -4.30. The number of hydrogen-bond donors (Lipinski definition) is 3. The van der Waals surface area contributed by atoms with E-state index in [1.165, 1.54) is 9.75 Å². The third-order valence-corrected chi connectivity index (χ3v) is 7.27. The number of aromatic amines is 2. The molecule has 0 saturated carbocycles. The van der Waals surface area contributed by atoms with Crippen LogP contribution >= 0.6 is 11.3 Å². The Balaban J connectivity index is 1.41. The van der Waals surface area contributed by atoms with Crippen molar-refractivity contribution < 1.29 is 4.79 Å². The molecule has 0 saturated heterocycles. The van der Waals surface area contributed by atoms with Crippen LogP contribution in [0.3, 0.4) is 0 Å². The smallest absolute Gasteiger partial charge is 0.226 e. The van der Waals surface area contributed by atoms with Crippen molar-refractivity contribution in [3.8, 4) is 33.0 Å². The average molecular weight is 493 g/mol. The van der Waals surface area contributed by atoms with Crippen LogP contribution < -0.4 is 5.32 Å². The molecular formula is C28H24N6OS. The third kappa shape index (κ3) is 3.95. The van der Waals surface area contributed by atoms with Gasteiger partial charge in [0.1, 0.15) is 5.69 Å². The summed E-state index contributed by atoms with van der Waals surface area (Å²) in [5, 5.41) is 12.8. The average Bonchev–Trinajstić information content (AvgIpc) is 3.61. The van der Waals surface area contributed by atoms with E-state index in [4.69, 9.17) is 0 Å². The van der Waals surface area contributed by atoms with Gasteiger partial charge in [-0.3, -0.25) is 19.9 Å². The number of pyridine rings is 2. The lowest BCUT2D eigenvalue weighted by Gasteiger charge is -2.09. The summed E-state index contributed by atoms with van der Waals surface area (Å²) in [5.74, 6) is -0.138. The van der Waals surface area contributed by atoms with Crippen molar-refractivity contribution in [3.63, 3.8) is 0 Å². The molecule has 0 fully saturated rings. The van der Waals surface area contributed by atoms with Gasteiger partial charge in [0.25, 0.3) is 0 Å². The molecule has 1 aromatic carbocycles. The summed E-state index contributed by atoms with van der Waals surface area (Å²) >= 11 is 1.76. The van der Waals surface area contributed by atoms with Gasteiger partial charge < -0.3 is 10.3 Å². The molecular weight excluding hydrogens is 468 g/mol. The van der Waals surface area contributed by atoms with Crippen LogP contribution in [0.15, 0.2) is 67.3 Å². The molecule has 6 aromatic rings. The number of aromatic nitrogens is 5. The lowest BCUT2D eigenvalue weighted by molar-refractivity contribution is -0.118. The summed E-state index contributed by atoms with van der Waals surface area (Å²) < 4.78 is 0. The molecule has 0 aliphatic rings. The van der Waals surface area contributed by atoms with Gasteiger partial charge in [0, 0.05) is 50.0 Å². The van der Waals surface area contributed by atoms with E-state index in [1.807, 2.05) is 44.4 Å². The first-order chi connectivity index (χ1) is 17.5.